The van der Waals surface area contributed by atoms with Gasteiger partial charge in [-0.2, -0.15) is 5.10 Å². The number of rotatable bonds is 6. The highest BCUT2D eigenvalue weighted by molar-refractivity contribution is 6.38. The molecule has 1 aliphatic carbocycles. The number of hydrogen-bond acceptors (Lipinski definition) is 5. The van der Waals surface area contributed by atoms with Crippen LogP contribution >= 0.6 is 23.2 Å². The first-order valence-corrected chi connectivity index (χ1v) is 13.0. The summed E-state index contributed by atoms with van der Waals surface area (Å²) in [4.78, 5) is 30.8. The minimum atomic E-state index is -0.492. The van der Waals surface area contributed by atoms with Crippen molar-refractivity contribution in [2.45, 2.75) is 37.8 Å². The van der Waals surface area contributed by atoms with Gasteiger partial charge in [0.2, 0.25) is 0 Å². The molecule has 0 bridgehead atoms. The number of amides is 2. The molecule has 38 heavy (non-hydrogen) atoms. The predicted octanol–water partition coefficient (Wildman–Crippen LogP) is 5.53. The molecule has 3 N–H and O–H groups in total. The van der Waals surface area contributed by atoms with Crippen molar-refractivity contribution >= 4 is 40.8 Å². The van der Waals surface area contributed by atoms with Crippen LogP contribution in [0.15, 0.2) is 72.9 Å². The highest BCUT2D eigenvalue weighted by atomic mass is 35.5. The summed E-state index contributed by atoms with van der Waals surface area (Å²) in [7, 11) is 0. The number of aliphatic hydroxyl groups is 1. The Morgan fingerprint density at radius 1 is 0.895 bits per heavy atom. The van der Waals surface area contributed by atoms with Crippen molar-refractivity contribution in [3.8, 4) is 16.9 Å². The van der Waals surface area contributed by atoms with E-state index in [2.05, 4.69) is 20.7 Å². The maximum atomic E-state index is 13.4. The third-order valence-electron chi connectivity index (χ3n) is 6.46. The molecular formula is C28H25Cl2N5O3. The lowest BCUT2D eigenvalue weighted by Gasteiger charge is -2.25. The van der Waals surface area contributed by atoms with Gasteiger partial charge in [0.1, 0.15) is 5.82 Å². The second kappa shape index (κ2) is 11.3. The highest BCUT2D eigenvalue weighted by Gasteiger charge is 2.24. The highest BCUT2D eigenvalue weighted by Crippen LogP contribution is 2.32. The molecule has 0 radical (unpaired) electrons. The van der Waals surface area contributed by atoms with Crippen LogP contribution in [0.25, 0.3) is 16.9 Å². The molecule has 10 heteroatoms. The number of aliphatic hydroxyl groups excluding tert-OH is 1. The number of halogens is 2. The van der Waals surface area contributed by atoms with Crippen LogP contribution in [0.4, 0.5) is 5.82 Å². The molecule has 0 unspecified atom stereocenters. The van der Waals surface area contributed by atoms with Gasteiger partial charge in [-0.1, -0.05) is 47.5 Å². The number of anilines is 1. The SMILES string of the molecule is O=C(N[C@H]1CC[C@H](O)CC1)c1cc(NC(=O)c2cc(-c3ccccn3)c(Cl)cc2Cl)n(-c2ccccc2)n1. The van der Waals surface area contributed by atoms with Crippen LogP contribution in [-0.2, 0) is 0 Å². The number of carbonyl (C=O) groups is 2. The maximum absolute atomic E-state index is 13.4. The first-order valence-electron chi connectivity index (χ1n) is 12.3. The Morgan fingerprint density at radius 3 is 2.34 bits per heavy atom. The van der Waals surface area contributed by atoms with E-state index in [1.54, 1.807) is 24.4 Å². The Hall–Kier alpha value is -3.72. The van der Waals surface area contributed by atoms with Gasteiger partial charge < -0.3 is 15.7 Å². The van der Waals surface area contributed by atoms with Crippen molar-refractivity contribution < 1.29 is 14.7 Å². The Morgan fingerprint density at radius 2 is 1.63 bits per heavy atom. The molecule has 2 amide bonds. The monoisotopic (exact) mass is 549 g/mol. The predicted molar refractivity (Wildman–Crippen MR) is 147 cm³/mol. The van der Waals surface area contributed by atoms with E-state index in [0.717, 1.165) is 0 Å². The number of hydrogen-bond donors (Lipinski definition) is 3. The zero-order valence-corrected chi connectivity index (χ0v) is 21.8. The van der Waals surface area contributed by atoms with E-state index in [4.69, 9.17) is 23.2 Å². The fourth-order valence-electron chi connectivity index (χ4n) is 4.45. The van der Waals surface area contributed by atoms with E-state index < -0.39 is 5.91 Å². The smallest absolute Gasteiger partial charge is 0.272 e. The van der Waals surface area contributed by atoms with Gasteiger partial charge in [0.25, 0.3) is 11.8 Å². The fourth-order valence-corrected chi connectivity index (χ4v) is 5.02. The summed E-state index contributed by atoms with van der Waals surface area (Å²) < 4.78 is 1.50. The van der Waals surface area contributed by atoms with Crippen molar-refractivity contribution in [1.29, 1.82) is 0 Å². The van der Waals surface area contributed by atoms with E-state index in [1.807, 2.05) is 36.4 Å². The van der Waals surface area contributed by atoms with E-state index >= 15 is 0 Å². The number of aromatic nitrogens is 3. The zero-order chi connectivity index (χ0) is 26.6. The molecule has 1 saturated carbocycles. The quantitative estimate of drug-likeness (QED) is 0.293. The lowest BCUT2D eigenvalue weighted by atomic mass is 9.93. The summed E-state index contributed by atoms with van der Waals surface area (Å²) in [5.74, 6) is -0.538. The minimum absolute atomic E-state index is 0.0382. The van der Waals surface area contributed by atoms with Crippen molar-refractivity contribution in [3.63, 3.8) is 0 Å². The summed E-state index contributed by atoms with van der Waals surface area (Å²) in [6, 6.07) is 19.2. The van der Waals surface area contributed by atoms with Crippen molar-refractivity contribution in [2.24, 2.45) is 0 Å². The summed E-state index contributed by atoms with van der Waals surface area (Å²) >= 11 is 12.8. The van der Waals surface area contributed by atoms with Gasteiger partial charge in [0, 0.05) is 23.9 Å². The van der Waals surface area contributed by atoms with Crippen LogP contribution in [0.2, 0.25) is 10.0 Å². The Balaban J connectivity index is 1.44. The zero-order valence-electron chi connectivity index (χ0n) is 20.3. The van der Waals surface area contributed by atoms with Crippen molar-refractivity contribution in [3.05, 3.63) is 94.2 Å². The summed E-state index contributed by atoms with van der Waals surface area (Å²) in [5, 5.41) is 20.6. The van der Waals surface area contributed by atoms with E-state index in [1.165, 1.54) is 16.8 Å². The Labute approximate surface area is 229 Å². The molecule has 0 spiro atoms. The molecule has 0 atom stereocenters. The van der Waals surface area contributed by atoms with Gasteiger partial charge >= 0.3 is 0 Å². The van der Waals surface area contributed by atoms with Crippen LogP contribution in [0.3, 0.4) is 0 Å². The lowest BCUT2D eigenvalue weighted by molar-refractivity contribution is 0.0862. The van der Waals surface area contributed by atoms with Crippen molar-refractivity contribution in [2.75, 3.05) is 5.32 Å². The summed E-state index contributed by atoms with van der Waals surface area (Å²) in [6.07, 6.45) is 4.01. The lowest BCUT2D eigenvalue weighted by Crippen LogP contribution is -2.38. The van der Waals surface area contributed by atoms with Crippen LogP contribution in [-0.4, -0.2) is 43.8 Å². The number of para-hydroxylation sites is 1. The average Bonchev–Trinajstić information content (AvgIpc) is 3.35. The first-order chi connectivity index (χ1) is 18.4. The molecule has 4 aromatic rings. The molecule has 1 fully saturated rings. The second-order valence-electron chi connectivity index (χ2n) is 9.12. The van der Waals surface area contributed by atoms with Crippen LogP contribution in [0.1, 0.15) is 46.5 Å². The molecule has 1 aliphatic rings. The third kappa shape index (κ3) is 5.72. The van der Waals surface area contributed by atoms with Gasteiger partial charge in [-0.05, 0) is 62.1 Å². The molecule has 194 valence electrons. The van der Waals surface area contributed by atoms with Crippen LogP contribution < -0.4 is 10.6 Å². The van der Waals surface area contributed by atoms with Gasteiger partial charge in [0.15, 0.2) is 5.69 Å². The van der Waals surface area contributed by atoms with Crippen molar-refractivity contribution in [1.82, 2.24) is 20.1 Å². The maximum Gasteiger partial charge on any atom is 0.272 e. The number of nitrogens with one attached hydrogen (secondary N) is 2. The second-order valence-corrected chi connectivity index (χ2v) is 9.94. The fraction of sp³-hybridized carbons (Fsp3) is 0.214. The molecule has 2 aromatic heterocycles. The molecule has 2 heterocycles. The van der Waals surface area contributed by atoms with Crippen LogP contribution in [0.5, 0.6) is 0 Å². The van der Waals surface area contributed by atoms with Gasteiger partial charge in [-0.15, -0.1) is 0 Å². The Bertz CT molecular complexity index is 1450. The number of benzene rings is 2. The third-order valence-corrected chi connectivity index (χ3v) is 7.08. The van der Waals surface area contributed by atoms with Gasteiger partial charge in [-0.25, -0.2) is 4.68 Å². The minimum Gasteiger partial charge on any atom is -0.393 e. The van der Waals surface area contributed by atoms with E-state index in [0.29, 0.717) is 53.5 Å². The summed E-state index contributed by atoms with van der Waals surface area (Å²) in [5.41, 5.74) is 2.19. The normalized spacial score (nSPS) is 17.1. The standard InChI is InChI=1S/C28H25Cl2N5O3/c29-22-15-23(30)21(14-20(22)24-8-4-5-13-31-24)27(37)33-26-16-25(34-35(26)18-6-2-1-3-7-18)28(38)32-17-9-11-19(36)12-10-17/h1-8,13-17,19,36H,9-12H2,(H,32,38)(H,33,37)/t17-,19-. The molecule has 2 aromatic carbocycles. The average molecular weight is 550 g/mol. The van der Waals surface area contributed by atoms with E-state index in [-0.39, 0.29) is 34.3 Å². The number of nitrogens with zero attached hydrogens (tertiary/aromatic N) is 3. The summed E-state index contributed by atoms with van der Waals surface area (Å²) in [6.45, 7) is 0. The Kier molecular flexibility index (Phi) is 7.74. The topological polar surface area (TPSA) is 109 Å². The molecular weight excluding hydrogens is 525 g/mol. The molecule has 0 saturated heterocycles. The largest absolute Gasteiger partial charge is 0.393 e. The molecule has 0 aliphatic heterocycles. The van der Waals surface area contributed by atoms with Gasteiger partial charge in [-0.3, -0.25) is 14.6 Å². The van der Waals surface area contributed by atoms with Gasteiger partial charge in [0.05, 0.1) is 33.1 Å². The molecule has 8 nitrogen and oxygen atoms in total. The van der Waals surface area contributed by atoms with E-state index in [9.17, 15) is 14.7 Å². The number of carbonyl (C=O) groups excluding carboxylic acids is 2. The molecule has 5 rings (SSSR count). The number of pyridine rings is 1. The van der Waals surface area contributed by atoms with Crippen LogP contribution in [0, 0.1) is 0 Å². The first kappa shape index (κ1) is 25.9.